The van der Waals surface area contributed by atoms with Crippen molar-refractivity contribution in [3.05, 3.63) is 72.6 Å². The summed E-state index contributed by atoms with van der Waals surface area (Å²) < 4.78 is 4.70. The number of amides is 3. The van der Waals surface area contributed by atoms with Gasteiger partial charge >= 0.3 is 6.09 Å². The van der Waals surface area contributed by atoms with Crippen LogP contribution in [0.4, 0.5) is 4.79 Å². The third-order valence-electron chi connectivity index (χ3n) is 9.10. The predicted molar refractivity (Wildman–Crippen MR) is 208 cm³/mol. The average molecular weight is 743 g/mol. The van der Waals surface area contributed by atoms with Crippen molar-refractivity contribution in [1.82, 2.24) is 35.9 Å². The number of aromatic nitrogens is 4. The normalized spacial score (nSPS) is 14.0. The van der Waals surface area contributed by atoms with E-state index < -0.39 is 24.2 Å². The van der Waals surface area contributed by atoms with E-state index >= 15 is 0 Å². The summed E-state index contributed by atoms with van der Waals surface area (Å²) in [7, 11) is 2.64. The van der Waals surface area contributed by atoms with E-state index in [1.807, 2.05) is 79.7 Å². The van der Waals surface area contributed by atoms with Gasteiger partial charge < -0.3 is 35.5 Å². The molecular formula is C40H54N8O6. The number of nitrogens with one attached hydrogen (secondary N) is 5. The fraction of sp³-hybridized carbons (Fsp3) is 0.450. The van der Waals surface area contributed by atoms with Gasteiger partial charge in [0.25, 0.3) is 0 Å². The van der Waals surface area contributed by atoms with Crippen LogP contribution in [-0.2, 0) is 24.1 Å². The number of hydrogen-bond acceptors (Lipinski definition) is 9. The number of alkyl carbamates (subject to hydrolysis) is 1. The Morgan fingerprint density at radius 3 is 1.46 bits per heavy atom. The Hall–Kier alpha value is -5.50. The first-order valence-corrected chi connectivity index (χ1v) is 18.2. The Labute approximate surface area is 317 Å². The molecular weight excluding hydrogens is 688 g/mol. The highest BCUT2D eigenvalue weighted by atomic mass is 17.2. The van der Waals surface area contributed by atoms with E-state index in [0.29, 0.717) is 11.6 Å². The number of hydrogen-bond donors (Lipinski definition) is 5. The second kappa shape index (κ2) is 19.0. The highest BCUT2D eigenvalue weighted by Gasteiger charge is 2.30. The Bertz CT molecular complexity index is 1850. The number of aromatic amines is 2. The monoisotopic (exact) mass is 742 g/mol. The van der Waals surface area contributed by atoms with Gasteiger partial charge in [-0.3, -0.25) is 9.59 Å². The zero-order chi connectivity index (χ0) is 39.5. The van der Waals surface area contributed by atoms with Crippen LogP contribution in [0, 0.1) is 23.7 Å². The van der Waals surface area contributed by atoms with E-state index in [1.54, 1.807) is 12.4 Å². The molecule has 0 aliphatic rings. The summed E-state index contributed by atoms with van der Waals surface area (Å²) in [6.07, 6.45) is 4.02. The smallest absolute Gasteiger partial charge is 0.407 e. The molecule has 4 rings (SSSR count). The van der Waals surface area contributed by atoms with Gasteiger partial charge in [-0.05, 0) is 45.9 Å². The Balaban J connectivity index is 1.44. The predicted octanol–water partition coefficient (Wildman–Crippen LogP) is 6.77. The van der Waals surface area contributed by atoms with Crippen LogP contribution in [0.1, 0.15) is 79.1 Å². The number of rotatable bonds is 17. The van der Waals surface area contributed by atoms with Gasteiger partial charge in [-0.1, -0.05) is 104 Å². The lowest BCUT2D eigenvalue weighted by Crippen LogP contribution is -2.51. The molecule has 0 saturated carbocycles. The van der Waals surface area contributed by atoms with Crippen LogP contribution in [0.5, 0.6) is 0 Å². The topological polar surface area (TPSA) is 185 Å². The van der Waals surface area contributed by atoms with Gasteiger partial charge in [-0.2, -0.15) is 4.89 Å². The summed E-state index contributed by atoms with van der Waals surface area (Å²) >= 11 is 0. The average Bonchev–Trinajstić information content (AvgIpc) is 3.84. The second-order valence-corrected chi connectivity index (χ2v) is 14.5. The highest BCUT2D eigenvalue weighted by molar-refractivity contribution is 5.86. The molecule has 3 amide bonds. The molecule has 2 heterocycles. The van der Waals surface area contributed by atoms with Gasteiger partial charge in [-0.25, -0.2) is 19.8 Å². The molecule has 4 atom stereocenters. The summed E-state index contributed by atoms with van der Waals surface area (Å²) in [4.78, 5) is 67.8. The van der Waals surface area contributed by atoms with Crippen molar-refractivity contribution in [2.45, 2.75) is 79.6 Å². The third kappa shape index (κ3) is 10.6. The van der Waals surface area contributed by atoms with Crippen LogP contribution in [0.2, 0.25) is 0 Å². The van der Waals surface area contributed by atoms with Crippen molar-refractivity contribution in [3.63, 3.8) is 0 Å². The maximum atomic E-state index is 13.2. The quantitative estimate of drug-likeness (QED) is 0.0340. The van der Waals surface area contributed by atoms with Crippen LogP contribution >= 0.6 is 0 Å². The molecule has 0 aliphatic carbocycles. The van der Waals surface area contributed by atoms with E-state index in [1.165, 1.54) is 14.2 Å². The van der Waals surface area contributed by atoms with E-state index in [4.69, 9.17) is 9.62 Å². The third-order valence-corrected chi connectivity index (χ3v) is 9.10. The molecule has 14 heteroatoms. The van der Waals surface area contributed by atoms with E-state index in [2.05, 4.69) is 70.0 Å². The molecule has 0 bridgehead atoms. The molecule has 14 nitrogen and oxygen atoms in total. The summed E-state index contributed by atoms with van der Waals surface area (Å²) in [5, 5.41) is 8.78. The first-order chi connectivity index (χ1) is 25.7. The molecule has 2 aromatic heterocycles. The number of H-pyrrole nitrogens is 2. The van der Waals surface area contributed by atoms with Crippen molar-refractivity contribution in [2.75, 3.05) is 14.2 Å². The zero-order valence-electron chi connectivity index (χ0n) is 32.8. The number of ether oxygens (including phenoxy) is 1. The maximum Gasteiger partial charge on any atom is 0.407 e. The molecule has 0 fully saturated rings. The summed E-state index contributed by atoms with van der Waals surface area (Å²) in [5.41, 5.74) is 5.65. The Morgan fingerprint density at radius 2 is 1.07 bits per heavy atom. The largest absolute Gasteiger partial charge is 0.453 e. The van der Waals surface area contributed by atoms with Crippen LogP contribution < -0.4 is 16.0 Å². The molecule has 54 heavy (non-hydrogen) atoms. The van der Waals surface area contributed by atoms with Gasteiger partial charge in [0, 0.05) is 0 Å². The molecule has 2 aromatic carbocycles. The fourth-order valence-electron chi connectivity index (χ4n) is 5.95. The SMILES string of the molecule is COO/C=N/[C@@H](C(=O)N[C@@H](c1ncc(-c2ccc(-c3ccc(-c4cnc([C@H](NC(=O)[C@H](NC(=O)OC)C(C)C)C(C)C)[nH]4)cc3)cc2)[nH]1)C(C)C)C(C)C. The molecule has 0 aliphatic heterocycles. The number of methoxy groups -OCH3 is 1. The minimum atomic E-state index is -0.755. The van der Waals surface area contributed by atoms with E-state index in [0.717, 1.165) is 40.0 Å². The van der Waals surface area contributed by atoms with Crippen LogP contribution in [-0.4, -0.2) is 70.5 Å². The van der Waals surface area contributed by atoms with Crippen LogP contribution in [0.3, 0.4) is 0 Å². The molecule has 290 valence electrons. The number of imidazole rings is 2. The number of aliphatic imine (C=N–C) groups is 1. The molecule has 5 N–H and O–H groups in total. The number of carbonyl (C=O) groups excluding carboxylic acids is 3. The fourth-order valence-corrected chi connectivity index (χ4v) is 5.95. The van der Waals surface area contributed by atoms with Crippen molar-refractivity contribution in [1.29, 1.82) is 0 Å². The van der Waals surface area contributed by atoms with E-state index in [9.17, 15) is 14.4 Å². The lowest BCUT2D eigenvalue weighted by atomic mass is 10.00. The summed E-state index contributed by atoms with van der Waals surface area (Å²) in [6.45, 7) is 15.6. The maximum absolute atomic E-state index is 13.2. The van der Waals surface area contributed by atoms with Gasteiger partial charge in [-0.15, -0.1) is 0 Å². The van der Waals surface area contributed by atoms with Gasteiger partial charge in [0.2, 0.25) is 18.2 Å². The number of carbonyl (C=O) groups is 3. The van der Waals surface area contributed by atoms with Crippen LogP contribution in [0.15, 0.2) is 65.9 Å². The first-order valence-electron chi connectivity index (χ1n) is 18.2. The summed E-state index contributed by atoms with van der Waals surface area (Å²) in [6, 6.07) is 14.2. The van der Waals surface area contributed by atoms with Crippen LogP contribution in [0.25, 0.3) is 33.6 Å². The van der Waals surface area contributed by atoms with Crippen molar-refractivity contribution < 1.29 is 28.9 Å². The number of benzene rings is 2. The van der Waals surface area contributed by atoms with E-state index in [-0.39, 0.29) is 41.5 Å². The minimum absolute atomic E-state index is 0.0278. The van der Waals surface area contributed by atoms with Crippen molar-refractivity contribution in [3.8, 4) is 33.6 Å². The molecule has 0 unspecified atom stereocenters. The van der Waals surface area contributed by atoms with Gasteiger partial charge in [0.15, 0.2) is 0 Å². The van der Waals surface area contributed by atoms with Gasteiger partial charge in [0.05, 0.1) is 50.1 Å². The Kier molecular flexibility index (Phi) is 14.5. The molecule has 0 spiro atoms. The molecule has 4 aromatic rings. The van der Waals surface area contributed by atoms with Crippen molar-refractivity contribution in [2.24, 2.45) is 28.7 Å². The number of nitrogens with zero attached hydrogens (tertiary/aromatic N) is 3. The van der Waals surface area contributed by atoms with Crippen molar-refractivity contribution >= 4 is 24.3 Å². The summed E-state index contributed by atoms with van der Waals surface area (Å²) in [5.74, 6) is 0.641. The first kappa shape index (κ1) is 41.3. The lowest BCUT2D eigenvalue weighted by Gasteiger charge is -2.26. The zero-order valence-corrected chi connectivity index (χ0v) is 32.8. The Morgan fingerprint density at radius 1 is 0.630 bits per heavy atom. The lowest BCUT2D eigenvalue weighted by molar-refractivity contribution is -0.188. The molecule has 0 saturated heterocycles. The standard InChI is InChI=1S/C40H54N8O6/c1-22(2)32(46-38(49)34(24(5)6)43-21-54-53-10)36-41-19-30(44-36)28-15-11-26(12-16-28)27-13-17-29(18-14-27)31-20-42-37(45-31)33(23(3)4)47-39(50)35(25(7)8)48-40(51)52-9/h11-25,32-35H,1-10H3,(H,41,44)(H,42,45)(H,46,49)(H,47,50)(H,48,51)/b43-21+/t32-,33-,34-,35-/m1/s1. The van der Waals surface area contributed by atoms with Gasteiger partial charge in [0.1, 0.15) is 23.7 Å². The molecule has 0 radical (unpaired) electrons. The second-order valence-electron chi connectivity index (χ2n) is 14.5. The highest BCUT2D eigenvalue weighted by Crippen LogP contribution is 2.29. The minimum Gasteiger partial charge on any atom is -0.453 e.